The SMILES string of the molecule is CC(C)c1noc(CCC(=O)Nc2ccccc2F)n1. The summed E-state index contributed by atoms with van der Waals surface area (Å²) in [6.07, 6.45) is 0.494. The second kappa shape index (κ2) is 6.27. The van der Waals surface area contributed by atoms with Gasteiger partial charge in [0.1, 0.15) is 5.82 Å². The third kappa shape index (κ3) is 3.63. The number of benzene rings is 1. The topological polar surface area (TPSA) is 68.0 Å². The summed E-state index contributed by atoms with van der Waals surface area (Å²) >= 11 is 0. The fourth-order valence-electron chi connectivity index (χ4n) is 1.60. The Morgan fingerprint density at radius 1 is 1.40 bits per heavy atom. The first-order valence-corrected chi connectivity index (χ1v) is 6.43. The fourth-order valence-corrected chi connectivity index (χ4v) is 1.60. The maximum atomic E-state index is 13.3. The summed E-state index contributed by atoms with van der Waals surface area (Å²) in [5, 5.41) is 6.32. The van der Waals surface area contributed by atoms with Crippen molar-refractivity contribution in [2.75, 3.05) is 5.32 Å². The summed E-state index contributed by atoms with van der Waals surface area (Å²) in [6, 6.07) is 6.03. The van der Waals surface area contributed by atoms with Gasteiger partial charge in [-0.15, -0.1) is 0 Å². The van der Waals surface area contributed by atoms with Crippen molar-refractivity contribution in [2.24, 2.45) is 0 Å². The van der Waals surface area contributed by atoms with Gasteiger partial charge < -0.3 is 9.84 Å². The molecule has 0 spiro atoms. The number of aryl methyl sites for hydroxylation is 1. The smallest absolute Gasteiger partial charge is 0.227 e. The summed E-state index contributed by atoms with van der Waals surface area (Å²) < 4.78 is 18.4. The van der Waals surface area contributed by atoms with Gasteiger partial charge in [-0.3, -0.25) is 4.79 Å². The number of para-hydroxylation sites is 1. The van der Waals surface area contributed by atoms with Gasteiger partial charge in [0.2, 0.25) is 11.8 Å². The number of hydrogen-bond acceptors (Lipinski definition) is 4. The number of aromatic nitrogens is 2. The highest BCUT2D eigenvalue weighted by molar-refractivity contribution is 5.90. The van der Waals surface area contributed by atoms with Crippen molar-refractivity contribution in [3.63, 3.8) is 0 Å². The number of rotatable bonds is 5. The van der Waals surface area contributed by atoms with Crippen molar-refractivity contribution in [3.05, 3.63) is 41.8 Å². The molecule has 1 heterocycles. The summed E-state index contributed by atoms with van der Waals surface area (Å²) in [5.41, 5.74) is 0.172. The average molecular weight is 277 g/mol. The zero-order valence-corrected chi connectivity index (χ0v) is 11.4. The van der Waals surface area contributed by atoms with Gasteiger partial charge in [0.15, 0.2) is 5.82 Å². The Kier molecular flexibility index (Phi) is 4.45. The molecule has 1 aromatic heterocycles. The van der Waals surface area contributed by atoms with Crippen LogP contribution in [0.1, 0.15) is 37.9 Å². The van der Waals surface area contributed by atoms with E-state index in [1.807, 2.05) is 13.8 Å². The molecular weight excluding hydrogens is 261 g/mol. The highest BCUT2D eigenvalue weighted by Gasteiger charge is 2.12. The van der Waals surface area contributed by atoms with Crippen LogP contribution in [0.5, 0.6) is 0 Å². The van der Waals surface area contributed by atoms with E-state index in [1.54, 1.807) is 12.1 Å². The van der Waals surface area contributed by atoms with E-state index >= 15 is 0 Å². The van der Waals surface area contributed by atoms with Gasteiger partial charge in [-0.25, -0.2) is 4.39 Å². The van der Waals surface area contributed by atoms with Crippen LogP contribution in [0.2, 0.25) is 0 Å². The minimum absolute atomic E-state index is 0.161. The Hall–Kier alpha value is -2.24. The highest BCUT2D eigenvalue weighted by Crippen LogP contribution is 2.14. The molecule has 6 heteroatoms. The van der Waals surface area contributed by atoms with Crippen LogP contribution >= 0.6 is 0 Å². The molecule has 2 rings (SSSR count). The molecule has 1 aromatic carbocycles. The van der Waals surface area contributed by atoms with E-state index in [0.29, 0.717) is 18.1 Å². The number of anilines is 1. The largest absolute Gasteiger partial charge is 0.339 e. The molecule has 0 saturated carbocycles. The normalized spacial score (nSPS) is 10.8. The minimum atomic E-state index is -0.458. The first-order chi connectivity index (χ1) is 9.56. The van der Waals surface area contributed by atoms with Crippen molar-refractivity contribution in [2.45, 2.75) is 32.6 Å². The first-order valence-electron chi connectivity index (χ1n) is 6.43. The van der Waals surface area contributed by atoms with Gasteiger partial charge in [0.25, 0.3) is 0 Å². The predicted octanol–water partition coefficient (Wildman–Crippen LogP) is 2.90. The predicted molar refractivity (Wildman–Crippen MR) is 71.7 cm³/mol. The van der Waals surface area contributed by atoms with Crippen molar-refractivity contribution in [1.29, 1.82) is 0 Å². The third-order valence-electron chi connectivity index (χ3n) is 2.71. The monoisotopic (exact) mass is 277 g/mol. The van der Waals surface area contributed by atoms with Gasteiger partial charge in [-0.1, -0.05) is 31.1 Å². The third-order valence-corrected chi connectivity index (χ3v) is 2.71. The Balaban J connectivity index is 1.87. The number of hydrogen-bond donors (Lipinski definition) is 1. The summed E-state index contributed by atoms with van der Waals surface area (Å²) in [5.74, 6) is 0.465. The molecule has 0 atom stereocenters. The molecule has 0 fully saturated rings. The number of carbonyl (C=O) groups excluding carboxylic acids is 1. The molecule has 0 unspecified atom stereocenters. The van der Waals surface area contributed by atoms with E-state index in [1.165, 1.54) is 12.1 Å². The van der Waals surface area contributed by atoms with E-state index in [0.717, 1.165) is 0 Å². The number of nitrogens with zero attached hydrogens (tertiary/aromatic N) is 2. The first kappa shape index (κ1) is 14.2. The molecular formula is C14H16FN3O2. The van der Waals surface area contributed by atoms with Crippen LogP contribution in [0.4, 0.5) is 10.1 Å². The van der Waals surface area contributed by atoms with E-state index < -0.39 is 5.82 Å². The molecule has 0 radical (unpaired) electrons. The maximum Gasteiger partial charge on any atom is 0.227 e. The number of amides is 1. The van der Waals surface area contributed by atoms with Gasteiger partial charge in [-0.05, 0) is 12.1 Å². The molecule has 0 bridgehead atoms. The van der Waals surface area contributed by atoms with Gasteiger partial charge in [0.05, 0.1) is 5.69 Å². The van der Waals surface area contributed by atoms with Crippen molar-refractivity contribution < 1.29 is 13.7 Å². The molecule has 0 aliphatic carbocycles. The summed E-state index contributed by atoms with van der Waals surface area (Å²) in [6.45, 7) is 3.92. The molecule has 5 nitrogen and oxygen atoms in total. The molecule has 0 aliphatic heterocycles. The lowest BCUT2D eigenvalue weighted by atomic mass is 10.2. The van der Waals surface area contributed by atoms with Gasteiger partial charge in [0, 0.05) is 18.8 Å². The Bertz CT molecular complexity index is 596. The number of halogens is 1. The molecule has 1 amide bonds. The highest BCUT2D eigenvalue weighted by atomic mass is 19.1. The van der Waals surface area contributed by atoms with E-state index in [-0.39, 0.29) is 23.9 Å². The standard InChI is InChI=1S/C14H16FN3O2/c1-9(2)14-17-13(20-18-14)8-7-12(19)16-11-6-4-3-5-10(11)15/h3-6,9H,7-8H2,1-2H3,(H,16,19). The van der Waals surface area contributed by atoms with E-state index in [4.69, 9.17) is 4.52 Å². The molecule has 0 aliphatic rings. The second-order valence-electron chi connectivity index (χ2n) is 4.73. The Morgan fingerprint density at radius 3 is 2.80 bits per heavy atom. The minimum Gasteiger partial charge on any atom is -0.339 e. The zero-order chi connectivity index (χ0) is 14.5. The lowest BCUT2D eigenvalue weighted by Gasteiger charge is -2.04. The number of nitrogens with one attached hydrogen (secondary N) is 1. The number of carbonyl (C=O) groups is 1. The van der Waals surface area contributed by atoms with Crippen LogP contribution in [-0.4, -0.2) is 16.0 Å². The molecule has 106 valence electrons. The van der Waals surface area contributed by atoms with Crippen molar-refractivity contribution in [3.8, 4) is 0 Å². The van der Waals surface area contributed by atoms with Crippen LogP contribution in [-0.2, 0) is 11.2 Å². The lowest BCUT2D eigenvalue weighted by molar-refractivity contribution is -0.116. The van der Waals surface area contributed by atoms with E-state index in [2.05, 4.69) is 15.5 Å². The van der Waals surface area contributed by atoms with Crippen LogP contribution in [0, 0.1) is 5.82 Å². The van der Waals surface area contributed by atoms with Crippen LogP contribution in [0.25, 0.3) is 0 Å². The average Bonchev–Trinajstić information content (AvgIpc) is 2.88. The Morgan fingerprint density at radius 2 is 2.15 bits per heavy atom. The van der Waals surface area contributed by atoms with Crippen LogP contribution in [0.15, 0.2) is 28.8 Å². The van der Waals surface area contributed by atoms with Crippen LogP contribution in [0.3, 0.4) is 0 Å². The van der Waals surface area contributed by atoms with Gasteiger partial charge >= 0.3 is 0 Å². The molecule has 0 saturated heterocycles. The fraction of sp³-hybridized carbons (Fsp3) is 0.357. The lowest BCUT2D eigenvalue weighted by Crippen LogP contribution is -2.13. The zero-order valence-electron chi connectivity index (χ0n) is 11.4. The van der Waals surface area contributed by atoms with E-state index in [9.17, 15) is 9.18 Å². The molecule has 2 aromatic rings. The second-order valence-corrected chi connectivity index (χ2v) is 4.73. The summed E-state index contributed by atoms with van der Waals surface area (Å²) in [4.78, 5) is 15.9. The molecule has 1 N–H and O–H groups in total. The maximum absolute atomic E-state index is 13.3. The Labute approximate surface area is 116 Å². The quantitative estimate of drug-likeness (QED) is 0.912. The van der Waals surface area contributed by atoms with Crippen molar-refractivity contribution in [1.82, 2.24) is 10.1 Å². The summed E-state index contributed by atoms with van der Waals surface area (Å²) in [7, 11) is 0. The van der Waals surface area contributed by atoms with Gasteiger partial charge in [-0.2, -0.15) is 4.98 Å². The van der Waals surface area contributed by atoms with Crippen molar-refractivity contribution >= 4 is 11.6 Å². The van der Waals surface area contributed by atoms with Crippen LogP contribution < -0.4 is 5.32 Å². The molecule has 20 heavy (non-hydrogen) atoms.